The third-order valence-electron chi connectivity index (χ3n) is 3.22. The lowest BCUT2D eigenvalue weighted by molar-refractivity contribution is -0.139. The molecular formula is C13H26ClNO. The van der Waals surface area contributed by atoms with Gasteiger partial charge in [0.2, 0.25) is 5.91 Å². The zero-order valence-corrected chi connectivity index (χ0v) is 12.1. The molecule has 0 unspecified atom stereocenters. The minimum absolute atomic E-state index is 0.178. The predicted molar refractivity (Wildman–Crippen MR) is 70.8 cm³/mol. The van der Waals surface area contributed by atoms with Crippen molar-refractivity contribution < 1.29 is 4.79 Å². The average molecular weight is 248 g/mol. The first-order valence-electron chi connectivity index (χ1n) is 6.28. The van der Waals surface area contributed by atoms with Gasteiger partial charge < -0.3 is 4.90 Å². The van der Waals surface area contributed by atoms with Crippen LogP contribution in [0.25, 0.3) is 0 Å². The molecule has 0 atom stereocenters. The minimum Gasteiger partial charge on any atom is -0.342 e. The van der Waals surface area contributed by atoms with E-state index in [9.17, 15) is 4.79 Å². The van der Waals surface area contributed by atoms with Crippen LogP contribution in [0.3, 0.4) is 0 Å². The quantitative estimate of drug-likeness (QED) is 0.631. The first kappa shape index (κ1) is 15.8. The smallest absolute Gasteiger partial charge is 0.229 e. The molecular weight excluding hydrogens is 222 g/mol. The third-order valence-corrected chi connectivity index (χ3v) is 3.88. The van der Waals surface area contributed by atoms with Crippen LogP contribution in [0, 0.1) is 11.3 Å². The Morgan fingerprint density at radius 2 is 1.75 bits per heavy atom. The van der Waals surface area contributed by atoms with Crippen LogP contribution in [0.1, 0.15) is 47.5 Å². The summed E-state index contributed by atoms with van der Waals surface area (Å²) in [5.74, 6) is 1.16. The molecule has 0 bridgehead atoms. The molecule has 0 aliphatic heterocycles. The maximum absolute atomic E-state index is 12.2. The summed E-state index contributed by atoms with van der Waals surface area (Å²) in [6.07, 6.45) is 2.25. The summed E-state index contributed by atoms with van der Waals surface area (Å²) in [4.78, 5) is 14.2. The fraction of sp³-hybridized carbons (Fsp3) is 0.923. The van der Waals surface area contributed by atoms with Gasteiger partial charge >= 0.3 is 0 Å². The van der Waals surface area contributed by atoms with Crippen molar-refractivity contribution in [2.75, 3.05) is 19.0 Å². The van der Waals surface area contributed by atoms with Crippen LogP contribution in [0.4, 0.5) is 0 Å². The van der Waals surface area contributed by atoms with Crippen molar-refractivity contribution in [2.24, 2.45) is 11.3 Å². The second-order valence-electron chi connectivity index (χ2n) is 5.04. The van der Waals surface area contributed by atoms with E-state index in [0.717, 1.165) is 25.9 Å². The highest BCUT2D eigenvalue weighted by Crippen LogP contribution is 2.22. The summed E-state index contributed by atoms with van der Waals surface area (Å²) in [6, 6.07) is 0. The van der Waals surface area contributed by atoms with Gasteiger partial charge in [-0.1, -0.05) is 26.7 Å². The monoisotopic (exact) mass is 247 g/mol. The molecule has 0 saturated carbocycles. The van der Waals surface area contributed by atoms with Crippen LogP contribution < -0.4 is 0 Å². The van der Waals surface area contributed by atoms with Gasteiger partial charge in [0, 0.05) is 19.0 Å². The van der Waals surface area contributed by atoms with E-state index in [1.165, 1.54) is 0 Å². The van der Waals surface area contributed by atoms with Crippen LogP contribution in [-0.2, 0) is 4.79 Å². The molecule has 0 fully saturated rings. The van der Waals surface area contributed by atoms with Crippen molar-refractivity contribution in [1.29, 1.82) is 0 Å². The summed E-state index contributed by atoms with van der Waals surface area (Å²) in [5, 5.41) is 0. The Bertz CT molecular complexity index is 212. The van der Waals surface area contributed by atoms with E-state index < -0.39 is 5.41 Å². The lowest BCUT2D eigenvalue weighted by atomic mass is 9.93. The number of carbonyl (C=O) groups is 1. The normalized spacial score (nSPS) is 11.9. The lowest BCUT2D eigenvalue weighted by Gasteiger charge is -2.32. The van der Waals surface area contributed by atoms with Crippen molar-refractivity contribution in [2.45, 2.75) is 47.5 Å². The number of alkyl halides is 1. The van der Waals surface area contributed by atoms with Gasteiger partial charge in [-0.05, 0) is 26.7 Å². The summed E-state index contributed by atoms with van der Waals surface area (Å²) in [5.41, 5.74) is -0.441. The predicted octanol–water partition coefficient (Wildman–Crippen LogP) is 3.54. The molecule has 0 spiro atoms. The van der Waals surface area contributed by atoms with Crippen LogP contribution >= 0.6 is 11.6 Å². The number of hydrogen-bond donors (Lipinski definition) is 0. The third kappa shape index (κ3) is 4.32. The Morgan fingerprint density at radius 3 is 2.06 bits per heavy atom. The lowest BCUT2D eigenvalue weighted by Crippen LogP contribution is -2.44. The topological polar surface area (TPSA) is 20.3 Å². The molecule has 0 N–H and O–H groups in total. The van der Waals surface area contributed by atoms with E-state index in [-0.39, 0.29) is 5.91 Å². The molecule has 0 aromatic heterocycles. The number of hydrogen-bond acceptors (Lipinski definition) is 1. The Kier molecular flexibility index (Phi) is 7.05. The van der Waals surface area contributed by atoms with E-state index in [4.69, 9.17) is 11.6 Å². The fourth-order valence-corrected chi connectivity index (χ4v) is 1.81. The molecule has 0 aromatic rings. The summed E-state index contributed by atoms with van der Waals surface area (Å²) in [6.45, 7) is 11.9. The Morgan fingerprint density at radius 1 is 1.25 bits per heavy atom. The van der Waals surface area contributed by atoms with Gasteiger partial charge in [-0.3, -0.25) is 4.79 Å². The van der Waals surface area contributed by atoms with Gasteiger partial charge in [0.05, 0.1) is 5.41 Å². The number of rotatable bonds is 7. The minimum atomic E-state index is -0.441. The highest BCUT2D eigenvalue weighted by molar-refractivity contribution is 6.19. The first-order valence-corrected chi connectivity index (χ1v) is 6.81. The van der Waals surface area contributed by atoms with Crippen LogP contribution in [0.5, 0.6) is 0 Å². The molecule has 0 saturated heterocycles. The van der Waals surface area contributed by atoms with Crippen LogP contribution in [0.2, 0.25) is 0 Å². The molecule has 2 nitrogen and oxygen atoms in total. The first-order chi connectivity index (χ1) is 7.42. The van der Waals surface area contributed by atoms with E-state index in [1.54, 1.807) is 0 Å². The molecule has 1 amide bonds. The Labute approximate surface area is 105 Å². The Balaban J connectivity index is 4.55. The Hall–Kier alpha value is -0.240. The maximum atomic E-state index is 12.2. The van der Waals surface area contributed by atoms with Crippen molar-refractivity contribution in [3.8, 4) is 0 Å². The van der Waals surface area contributed by atoms with E-state index >= 15 is 0 Å². The van der Waals surface area contributed by atoms with Gasteiger partial charge in [0.1, 0.15) is 0 Å². The summed E-state index contributed by atoms with van der Waals surface area (Å²) in [7, 11) is 0. The number of halogens is 1. The maximum Gasteiger partial charge on any atom is 0.229 e. The van der Waals surface area contributed by atoms with Gasteiger partial charge in [0.15, 0.2) is 0 Å². The average Bonchev–Trinajstić information content (AvgIpc) is 2.30. The zero-order chi connectivity index (χ0) is 12.8. The molecule has 0 aliphatic carbocycles. The molecule has 0 aromatic carbocycles. The second-order valence-corrected chi connectivity index (χ2v) is 5.31. The molecule has 16 heavy (non-hydrogen) atoms. The van der Waals surface area contributed by atoms with Crippen molar-refractivity contribution in [3.05, 3.63) is 0 Å². The molecule has 0 aliphatic rings. The van der Waals surface area contributed by atoms with E-state index in [2.05, 4.69) is 13.8 Å². The molecule has 0 rings (SSSR count). The highest BCUT2D eigenvalue weighted by atomic mass is 35.5. The SMILES string of the molecule is CCC(CC)CN(CC)C(=O)C(C)(C)CCl. The second kappa shape index (κ2) is 7.16. The van der Waals surface area contributed by atoms with E-state index in [0.29, 0.717) is 11.8 Å². The van der Waals surface area contributed by atoms with Crippen molar-refractivity contribution in [3.63, 3.8) is 0 Å². The standard InChI is InChI=1S/C13H26ClNO/c1-6-11(7-2)9-15(8-3)12(16)13(4,5)10-14/h11H,6-10H2,1-5H3. The van der Waals surface area contributed by atoms with Gasteiger partial charge in [0.25, 0.3) is 0 Å². The molecule has 0 heterocycles. The van der Waals surface area contributed by atoms with Crippen LogP contribution in [0.15, 0.2) is 0 Å². The zero-order valence-electron chi connectivity index (χ0n) is 11.3. The van der Waals surface area contributed by atoms with Crippen molar-refractivity contribution in [1.82, 2.24) is 4.90 Å². The van der Waals surface area contributed by atoms with Gasteiger partial charge in [-0.25, -0.2) is 0 Å². The largest absolute Gasteiger partial charge is 0.342 e. The number of nitrogens with zero attached hydrogens (tertiary/aromatic N) is 1. The van der Waals surface area contributed by atoms with E-state index in [1.807, 2.05) is 25.7 Å². The molecule has 0 radical (unpaired) electrons. The van der Waals surface area contributed by atoms with Crippen LogP contribution in [-0.4, -0.2) is 29.8 Å². The van der Waals surface area contributed by atoms with Crippen molar-refractivity contribution >= 4 is 17.5 Å². The van der Waals surface area contributed by atoms with Gasteiger partial charge in [-0.2, -0.15) is 0 Å². The summed E-state index contributed by atoms with van der Waals surface area (Å²) >= 11 is 5.85. The summed E-state index contributed by atoms with van der Waals surface area (Å²) < 4.78 is 0. The fourth-order valence-electron chi connectivity index (χ4n) is 1.70. The molecule has 96 valence electrons. The number of carbonyl (C=O) groups excluding carboxylic acids is 1. The van der Waals surface area contributed by atoms with Gasteiger partial charge in [-0.15, -0.1) is 11.6 Å². The number of amides is 1. The molecule has 3 heteroatoms. The highest BCUT2D eigenvalue weighted by Gasteiger charge is 2.31.